The van der Waals surface area contributed by atoms with Gasteiger partial charge in [0.25, 0.3) is 0 Å². The minimum absolute atomic E-state index is 0.0462. The van der Waals surface area contributed by atoms with Gasteiger partial charge in [-0.3, -0.25) is 4.57 Å². The molecule has 0 aliphatic rings. The molecule has 0 bridgehead atoms. The fraction of sp³-hybridized carbons (Fsp3) is 0.385. The molecule has 0 saturated carbocycles. The number of nitrogens with zero attached hydrogens (tertiary/aromatic N) is 3. The van der Waals surface area contributed by atoms with Crippen LogP contribution >= 0.6 is 0 Å². The van der Waals surface area contributed by atoms with Crippen LogP contribution in [0.25, 0.3) is 5.69 Å². The highest BCUT2D eigenvalue weighted by Crippen LogP contribution is 2.36. The molecule has 6 heteroatoms. The zero-order valence-electron chi connectivity index (χ0n) is 10.9. The normalized spacial score (nSPS) is 12.7. The summed E-state index contributed by atoms with van der Waals surface area (Å²) in [4.78, 5) is 0. The maximum absolute atomic E-state index is 13.0. The molecule has 102 valence electrons. The van der Waals surface area contributed by atoms with Gasteiger partial charge in [-0.15, -0.1) is 10.2 Å². The molecule has 0 spiro atoms. The Balaban J connectivity index is 2.65. The fourth-order valence-electron chi connectivity index (χ4n) is 1.78. The number of benzene rings is 1. The summed E-state index contributed by atoms with van der Waals surface area (Å²) in [5.41, 5.74) is -0.0539. The Bertz CT molecular complexity index is 566. The van der Waals surface area contributed by atoms with Gasteiger partial charge in [0, 0.05) is 0 Å². The second-order valence-electron chi connectivity index (χ2n) is 5.35. The van der Waals surface area contributed by atoms with E-state index in [1.165, 1.54) is 29.4 Å². The number of halogens is 3. The highest BCUT2D eigenvalue weighted by Gasteiger charge is 2.34. The lowest BCUT2D eigenvalue weighted by Crippen LogP contribution is -2.15. The van der Waals surface area contributed by atoms with Crippen molar-refractivity contribution in [3.63, 3.8) is 0 Å². The lowest BCUT2D eigenvalue weighted by atomic mass is 9.86. The van der Waals surface area contributed by atoms with Crippen molar-refractivity contribution >= 4 is 0 Å². The maximum Gasteiger partial charge on any atom is 0.418 e. The van der Waals surface area contributed by atoms with Crippen molar-refractivity contribution in [3.8, 4) is 5.69 Å². The lowest BCUT2D eigenvalue weighted by molar-refractivity contribution is -0.137. The monoisotopic (exact) mass is 269 g/mol. The predicted octanol–water partition coefficient (Wildman–Crippen LogP) is 3.58. The summed E-state index contributed by atoms with van der Waals surface area (Å²) in [6.07, 6.45) is -1.88. The first-order valence-corrected chi connectivity index (χ1v) is 5.76. The SMILES string of the molecule is CC(C)(C)c1ccc(C(F)(F)F)c(-n2cnnc2)c1. The molecule has 2 aromatic rings. The molecule has 0 amide bonds. The Morgan fingerprint density at radius 2 is 1.58 bits per heavy atom. The van der Waals surface area contributed by atoms with Crippen LogP contribution in [0.4, 0.5) is 13.2 Å². The van der Waals surface area contributed by atoms with Crippen LogP contribution < -0.4 is 0 Å². The number of aromatic nitrogens is 3. The van der Waals surface area contributed by atoms with Crippen LogP contribution in [-0.4, -0.2) is 14.8 Å². The van der Waals surface area contributed by atoms with E-state index >= 15 is 0 Å². The van der Waals surface area contributed by atoms with Gasteiger partial charge in [0.05, 0.1) is 11.3 Å². The summed E-state index contributed by atoms with van der Waals surface area (Å²) in [7, 11) is 0. The number of rotatable bonds is 1. The first-order chi connectivity index (χ1) is 8.69. The van der Waals surface area contributed by atoms with Crippen molar-refractivity contribution in [1.82, 2.24) is 14.8 Å². The van der Waals surface area contributed by atoms with Gasteiger partial charge < -0.3 is 0 Å². The molecule has 0 aliphatic heterocycles. The van der Waals surface area contributed by atoms with Crippen molar-refractivity contribution < 1.29 is 13.2 Å². The standard InChI is InChI=1S/C13H14F3N3/c1-12(2,3)9-4-5-10(13(14,15)16)11(6-9)19-7-17-18-8-19/h4-8H,1-3H3. The molecular weight excluding hydrogens is 255 g/mol. The Morgan fingerprint density at radius 1 is 1.00 bits per heavy atom. The Kier molecular flexibility index (Phi) is 3.12. The van der Waals surface area contributed by atoms with Crippen LogP contribution in [0, 0.1) is 0 Å². The van der Waals surface area contributed by atoms with Gasteiger partial charge in [-0.05, 0) is 23.1 Å². The summed E-state index contributed by atoms with van der Waals surface area (Å²) in [6, 6.07) is 4.15. The van der Waals surface area contributed by atoms with Crippen LogP contribution in [0.15, 0.2) is 30.9 Å². The Morgan fingerprint density at radius 3 is 2.05 bits per heavy atom. The molecule has 1 heterocycles. The lowest BCUT2D eigenvalue weighted by Gasteiger charge is -2.22. The van der Waals surface area contributed by atoms with Gasteiger partial charge in [0.15, 0.2) is 0 Å². The molecule has 0 atom stereocenters. The van der Waals surface area contributed by atoms with Crippen molar-refractivity contribution in [3.05, 3.63) is 42.0 Å². The molecule has 0 N–H and O–H groups in total. The molecule has 0 saturated heterocycles. The van der Waals surface area contributed by atoms with Crippen molar-refractivity contribution in [2.75, 3.05) is 0 Å². The quantitative estimate of drug-likeness (QED) is 0.792. The van der Waals surface area contributed by atoms with E-state index in [1.807, 2.05) is 20.8 Å². The third-order valence-corrected chi connectivity index (χ3v) is 2.87. The number of hydrogen-bond acceptors (Lipinski definition) is 2. The largest absolute Gasteiger partial charge is 0.418 e. The molecule has 2 rings (SSSR count). The van der Waals surface area contributed by atoms with E-state index in [9.17, 15) is 13.2 Å². The fourth-order valence-corrected chi connectivity index (χ4v) is 1.78. The van der Waals surface area contributed by atoms with Crippen LogP contribution in [-0.2, 0) is 11.6 Å². The maximum atomic E-state index is 13.0. The van der Waals surface area contributed by atoms with Gasteiger partial charge >= 0.3 is 6.18 Å². The van der Waals surface area contributed by atoms with Crippen LogP contribution in [0.2, 0.25) is 0 Å². The van der Waals surface area contributed by atoms with Crippen molar-refractivity contribution in [1.29, 1.82) is 0 Å². The molecule has 0 aliphatic carbocycles. The van der Waals surface area contributed by atoms with E-state index in [0.29, 0.717) is 0 Å². The number of alkyl halides is 3. The molecule has 1 aromatic carbocycles. The Labute approximate surface area is 109 Å². The average molecular weight is 269 g/mol. The Hall–Kier alpha value is -1.85. The summed E-state index contributed by atoms with van der Waals surface area (Å²) < 4.78 is 40.3. The summed E-state index contributed by atoms with van der Waals surface area (Å²) in [6.45, 7) is 5.85. The van der Waals surface area contributed by atoms with E-state index in [4.69, 9.17) is 0 Å². The van der Waals surface area contributed by atoms with E-state index in [1.54, 1.807) is 0 Å². The average Bonchev–Trinajstić information content (AvgIpc) is 2.79. The molecule has 0 fully saturated rings. The molecule has 0 unspecified atom stereocenters. The minimum Gasteiger partial charge on any atom is -0.288 e. The van der Waals surface area contributed by atoms with Gasteiger partial charge in [-0.25, -0.2) is 0 Å². The summed E-state index contributed by atoms with van der Waals surface area (Å²) >= 11 is 0. The summed E-state index contributed by atoms with van der Waals surface area (Å²) in [5, 5.41) is 7.12. The van der Waals surface area contributed by atoms with Gasteiger partial charge in [0.1, 0.15) is 12.7 Å². The summed E-state index contributed by atoms with van der Waals surface area (Å²) in [5.74, 6) is 0. The minimum atomic E-state index is -4.41. The van der Waals surface area contributed by atoms with Crippen LogP contribution in [0.3, 0.4) is 0 Å². The van der Waals surface area contributed by atoms with E-state index in [2.05, 4.69) is 10.2 Å². The highest BCUT2D eigenvalue weighted by molar-refractivity contribution is 5.47. The zero-order chi connectivity index (χ0) is 14.3. The van der Waals surface area contributed by atoms with Crippen LogP contribution in [0.1, 0.15) is 31.9 Å². The van der Waals surface area contributed by atoms with Gasteiger partial charge in [-0.1, -0.05) is 26.8 Å². The van der Waals surface area contributed by atoms with E-state index in [-0.39, 0.29) is 11.1 Å². The second-order valence-corrected chi connectivity index (χ2v) is 5.35. The molecule has 19 heavy (non-hydrogen) atoms. The number of hydrogen-bond donors (Lipinski definition) is 0. The van der Waals surface area contributed by atoms with Gasteiger partial charge in [-0.2, -0.15) is 13.2 Å². The topological polar surface area (TPSA) is 30.7 Å². The third kappa shape index (κ3) is 2.77. The van der Waals surface area contributed by atoms with E-state index in [0.717, 1.165) is 11.6 Å². The molecular formula is C13H14F3N3. The molecule has 0 radical (unpaired) electrons. The van der Waals surface area contributed by atoms with E-state index < -0.39 is 11.7 Å². The predicted molar refractivity (Wildman–Crippen MR) is 65.1 cm³/mol. The highest BCUT2D eigenvalue weighted by atomic mass is 19.4. The first-order valence-electron chi connectivity index (χ1n) is 5.76. The van der Waals surface area contributed by atoms with Gasteiger partial charge in [0.2, 0.25) is 0 Å². The van der Waals surface area contributed by atoms with Crippen molar-refractivity contribution in [2.24, 2.45) is 0 Å². The third-order valence-electron chi connectivity index (χ3n) is 2.87. The van der Waals surface area contributed by atoms with Crippen molar-refractivity contribution in [2.45, 2.75) is 32.4 Å². The molecule has 3 nitrogen and oxygen atoms in total. The molecule has 1 aromatic heterocycles. The first kappa shape index (κ1) is 13.6. The second kappa shape index (κ2) is 4.36. The van der Waals surface area contributed by atoms with Crippen LogP contribution in [0.5, 0.6) is 0 Å². The zero-order valence-corrected chi connectivity index (χ0v) is 10.9. The smallest absolute Gasteiger partial charge is 0.288 e.